The molecular formula is C17H24O3S. The first-order chi connectivity index (χ1) is 10.1. The van der Waals surface area contributed by atoms with Crippen molar-refractivity contribution in [3.8, 4) is 11.8 Å². The predicted molar refractivity (Wildman–Crippen MR) is 85.5 cm³/mol. The third kappa shape index (κ3) is 7.31. The van der Waals surface area contributed by atoms with E-state index in [4.69, 9.17) is 4.18 Å². The van der Waals surface area contributed by atoms with Gasteiger partial charge in [-0.15, -0.1) is 11.8 Å². The molecule has 0 saturated carbocycles. The quantitative estimate of drug-likeness (QED) is 0.413. The van der Waals surface area contributed by atoms with E-state index in [1.807, 2.05) is 6.92 Å². The third-order valence-corrected chi connectivity index (χ3v) is 4.38. The summed E-state index contributed by atoms with van der Waals surface area (Å²) in [5, 5.41) is 0. The molecule has 1 aromatic carbocycles. The number of hydrogen-bond donors (Lipinski definition) is 0. The lowest BCUT2D eigenvalue weighted by Crippen LogP contribution is -2.07. The predicted octanol–water partition coefficient (Wildman–Crippen LogP) is 4.06. The van der Waals surface area contributed by atoms with Gasteiger partial charge in [0.1, 0.15) is 0 Å². The lowest BCUT2D eigenvalue weighted by atomic mass is 10.1. The van der Waals surface area contributed by atoms with Crippen molar-refractivity contribution in [2.75, 3.05) is 6.61 Å². The average molecular weight is 308 g/mol. The Morgan fingerprint density at radius 2 is 1.67 bits per heavy atom. The van der Waals surface area contributed by atoms with Gasteiger partial charge in [0.05, 0.1) is 11.5 Å². The number of hydrogen-bond acceptors (Lipinski definition) is 3. The maximum atomic E-state index is 11.9. The number of aryl methyl sites for hydroxylation is 1. The Bertz CT molecular complexity index is 562. The molecule has 0 aliphatic rings. The van der Waals surface area contributed by atoms with Crippen molar-refractivity contribution in [2.45, 2.75) is 57.3 Å². The minimum atomic E-state index is -3.65. The van der Waals surface area contributed by atoms with E-state index in [1.165, 1.54) is 19.3 Å². The standard InChI is InChI=1S/C17H24O3S/c1-3-4-5-6-7-8-9-10-15-20-21(18,19)17-13-11-16(2)12-14-17/h11-14H,3-7,10,15H2,1-2H3. The zero-order chi connectivity index (χ0) is 15.6. The van der Waals surface area contributed by atoms with Gasteiger partial charge in [0.15, 0.2) is 0 Å². The average Bonchev–Trinajstić information content (AvgIpc) is 2.46. The summed E-state index contributed by atoms with van der Waals surface area (Å²) in [5.74, 6) is 6.01. The van der Waals surface area contributed by atoms with Crippen LogP contribution in [-0.4, -0.2) is 15.0 Å². The van der Waals surface area contributed by atoms with Crippen molar-refractivity contribution < 1.29 is 12.6 Å². The molecule has 1 aromatic rings. The van der Waals surface area contributed by atoms with Crippen LogP contribution < -0.4 is 0 Å². The van der Waals surface area contributed by atoms with Crippen LogP contribution in [0.4, 0.5) is 0 Å². The van der Waals surface area contributed by atoms with Crippen molar-refractivity contribution in [3.05, 3.63) is 29.8 Å². The van der Waals surface area contributed by atoms with E-state index in [1.54, 1.807) is 24.3 Å². The fourth-order valence-electron chi connectivity index (χ4n) is 1.79. The van der Waals surface area contributed by atoms with Gasteiger partial charge in [0.25, 0.3) is 10.1 Å². The Kier molecular flexibility index (Phi) is 8.11. The maximum absolute atomic E-state index is 11.9. The van der Waals surface area contributed by atoms with Gasteiger partial charge in [0.2, 0.25) is 0 Å². The molecule has 116 valence electrons. The van der Waals surface area contributed by atoms with E-state index in [0.717, 1.165) is 18.4 Å². The highest BCUT2D eigenvalue weighted by molar-refractivity contribution is 7.86. The highest BCUT2D eigenvalue weighted by Crippen LogP contribution is 2.13. The Morgan fingerprint density at radius 1 is 1.00 bits per heavy atom. The molecule has 0 amide bonds. The first-order valence-electron chi connectivity index (χ1n) is 7.48. The number of benzene rings is 1. The van der Waals surface area contributed by atoms with Crippen LogP contribution in [0.25, 0.3) is 0 Å². The minimum Gasteiger partial charge on any atom is -0.265 e. The molecule has 21 heavy (non-hydrogen) atoms. The second-order valence-corrected chi connectivity index (χ2v) is 6.62. The zero-order valence-corrected chi connectivity index (χ0v) is 13.7. The van der Waals surface area contributed by atoms with E-state index in [0.29, 0.717) is 6.42 Å². The van der Waals surface area contributed by atoms with Crippen LogP contribution in [0, 0.1) is 18.8 Å². The van der Waals surface area contributed by atoms with Gasteiger partial charge in [-0.3, -0.25) is 4.18 Å². The molecule has 0 saturated heterocycles. The summed E-state index contributed by atoms with van der Waals surface area (Å²) >= 11 is 0. The van der Waals surface area contributed by atoms with Crippen LogP contribution in [0.1, 0.15) is 51.0 Å². The summed E-state index contributed by atoms with van der Waals surface area (Å²) in [6.07, 6.45) is 6.12. The largest absolute Gasteiger partial charge is 0.297 e. The number of rotatable bonds is 8. The first-order valence-corrected chi connectivity index (χ1v) is 8.89. The van der Waals surface area contributed by atoms with Crippen LogP contribution in [0.3, 0.4) is 0 Å². The van der Waals surface area contributed by atoms with Crippen LogP contribution in [0.2, 0.25) is 0 Å². The van der Waals surface area contributed by atoms with E-state index >= 15 is 0 Å². The van der Waals surface area contributed by atoms with Gasteiger partial charge in [-0.05, 0) is 25.5 Å². The smallest absolute Gasteiger partial charge is 0.265 e. The normalized spacial score (nSPS) is 11.0. The summed E-state index contributed by atoms with van der Waals surface area (Å²) in [4.78, 5) is 0.195. The third-order valence-electron chi connectivity index (χ3n) is 3.06. The second kappa shape index (κ2) is 9.59. The van der Waals surface area contributed by atoms with Crippen molar-refractivity contribution in [2.24, 2.45) is 0 Å². The Morgan fingerprint density at radius 3 is 2.33 bits per heavy atom. The van der Waals surface area contributed by atoms with Gasteiger partial charge in [-0.1, -0.05) is 43.9 Å². The molecule has 0 N–H and O–H groups in total. The molecule has 0 unspecified atom stereocenters. The van der Waals surface area contributed by atoms with Gasteiger partial charge in [0, 0.05) is 12.8 Å². The second-order valence-electron chi connectivity index (χ2n) is 5.00. The fraction of sp³-hybridized carbons (Fsp3) is 0.529. The summed E-state index contributed by atoms with van der Waals surface area (Å²) < 4.78 is 28.7. The van der Waals surface area contributed by atoms with E-state index in [2.05, 4.69) is 18.8 Å². The monoisotopic (exact) mass is 308 g/mol. The summed E-state index contributed by atoms with van der Waals surface area (Å²) in [5.41, 5.74) is 1.02. The Labute approximate surface area is 128 Å². The molecule has 0 atom stereocenters. The molecule has 0 bridgehead atoms. The minimum absolute atomic E-state index is 0.109. The molecule has 1 rings (SSSR count). The molecule has 0 heterocycles. The molecule has 0 aliphatic heterocycles. The lowest BCUT2D eigenvalue weighted by molar-refractivity contribution is 0.326. The van der Waals surface area contributed by atoms with Crippen molar-refractivity contribution in [1.29, 1.82) is 0 Å². The van der Waals surface area contributed by atoms with Crippen molar-refractivity contribution in [3.63, 3.8) is 0 Å². The molecule has 3 nitrogen and oxygen atoms in total. The Hall–Kier alpha value is -1.31. The van der Waals surface area contributed by atoms with Crippen LogP contribution in [0.15, 0.2) is 29.2 Å². The van der Waals surface area contributed by atoms with Gasteiger partial charge < -0.3 is 0 Å². The van der Waals surface area contributed by atoms with Gasteiger partial charge in [-0.2, -0.15) is 8.42 Å². The summed E-state index contributed by atoms with van der Waals surface area (Å²) in [7, 11) is -3.65. The molecular weight excluding hydrogens is 284 g/mol. The molecule has 0 aromatic heterocycles. The summed E-state index contributed by atoms with van der Waals surface area (Å²) in [6.45, 7) is 4.20. The Balaban J connectivity index is 2.28. The fourth-order valence-corrected chi connectivity index (χ4v) is 2.70. The molecule has 0 radical (unpaired) electrons. The summed E-state index contributed by atoms with van der Waals surface area (Å²) in [6, 6.07) is 6.63. The lowest BCUT2D eigenvalue weighted by Gasteiger charge is -2.04. The van der Waals surface area contributed by atoms with Gasteiger partial charge >= 0.3 is 0 Å². The molecule has 0 spiro atoms. The number of unbranched alkanes of at least 4 members (excludes halogenated alkanes) is 4. The van der Waals surface area contributed by atoms with Crippen LogP contribution in [-0.2, 0) is 14.3 Å². The SMILES string of the molecule is CCCCCCC#CCCOS(=O)(=O)c1ccc(C)cc1. The van der Waals surface area contributed by atoms with Crippen molar-refractivity contribution >= 4 is 10.1 Å². The van der Waals surface area contributed by atoms with E-state index in [9.17, 15) is 8.42 Å². The maximum Gasteiger partial charge on any atom is 0.297 e. The molecule has 0 fully saturated rings. The van der Waals surface area contributed by atoms with Crippen LogP contribution >= 0.6 is 0 Å². The van der Waals surface area contributed by atoms with Crippen molar-refractivity contribution in [1.82, 2.24) is 0 Å². The zero-order valence-electron chi connectivity index (χ0n) is 12.9. The highest BCUT2D eigenvalue weighted by Gasteiger charge is 2.13. The first kappa shape index (κ1) is 17.7. The van der Waals surface area contributed by atoms with E-state index < -0.39 is 10.1 Å². The van der Waals surface area contributed by atoms with Crippen LogP contribution in [0.5, 0.6) is 0 Å². The molecule has 0 aliphatic carbocycles. The molecule has 4 heteroatoms. The van der Waals surface area contributed by atoms with E-state index in [-0.39, 0.29) is 11.5 Å². The highest BCUT2D eigenvalue weighted by atomic mass is 32.2. The topological polar surface area (TPSA) is 43.4 Å². The van der Waals surface area contributed by atoms with Gasteiger partial charge in [-0.25, -0.2) is 0 Å².